The molecule has 0 saturated heterocycles. The van der Waals surface area contributed by atoms with Crippen molar-refractivity contribution >= 4 is 5.97 Å². The molecular weight excluding hydrogens is 559 g/mol. The molecule has 3 nitrogen and oxygen atoms in total. The van der Waals surface area contributed by atoms with Crippen LogP contribution in [0.5, 0.6) is 0 Å². The van der Waals surface area contributed by atoms with Crippen LogP contribution in [0.4, 0.5) is 4.39 Å². The molecule has 0 bridgehead atoms. The summed E-state index contributed by atoms with van der Waals surface area (Å²) in [4.78, 5) is 11.4. The van der Waals surface area contributed by atoms with Crippen LogP contribution in [0.2, 0.25) is 0 Å². The highest BCUT2D eigenvalue weighted by molar-refractivity contribution is 5.88. The van der Waals surface area contributed by atoms with Gasteiger partial charge in [-0.2, -0.15) is 0 Å². The van der Waals surface area contributed by atoms with E-state index in [9.17, 15) is 19.4 Å². The maximum absolute atomic E-state index is 14.8. The molecule has 7 rings (SSSR count). The van der Waals surface area contributed by atoms with Crippen molar-refractivity contribution in [1.29, 1.82) is 0 Å². The normalized spacial score (nSPS) is 40.1. The number of rotatable bonds is 6. The van der Waals surface area contributed by atoms with E-state index in [1.54, 1.807) is 12.1 Å². The second kappa shape index (κ2) is 11.2. The molecule has 9 unspecified atom stereocenters. The van der Waals surface area contributed by atoms with Gasteiger partial charge in [-0.25, -0.2) is 9.18 Å². The van der Waals surface area contributed by atoms with Crippen molar-refractivity contribution in [1.82, 2.24) is 0 Å². The molecule has 244 valence electrons. The minimum Gasteiger partial charge on any atom is -0.478 e. The van der Waals surface area contributed by atoms with Crippen LogP contribution in [-0.2, 0) is 19.3 Å². The Hall–Kier alpha value is -2.20. The van der Waals surface area contributed by atoms with E-state index < -0.39 is 11.8 Å². The monoisotopic (exact) mass is 614 g/mol. The molecular formula is C41H55FO3. The highest BCUT2D eigenvalue weighted by Crippen LogP contribution is 2.73. The van der Waals surface area contributed by atoms with Gasteiger partial charge in [0.1, 0.15) is 5.82 Å². The summed E-state index contributed by atoms with van der Waals surface area (Å²) < 4.78 is 14.8. The smallest absolute Gasteiger partial charge is 0.338 e. The van der Waals surface area contributed by atoms with Crippen LogP contribution < -0.4 is 0 Å². The van der Waals surface area contributed by atoms with Crippen molar-refractivity contribution in [2.24, 2.45) is 51.2 Å². The Morgan fingerprint density at radius 3 is 2.36 bits per heavy atom. The molecule has 0 radical (unpaired) electrons. The molecule has 5 saturated carbocycles. The molecule has 2 N–H and O–H groups in total. The fourth-order valence-corrected chi connectivity index (χ4v) is 13.2. The molecule has 45 heavy (non-hydrogen) atoms. The summed E-state index contributed by atoms with van der Waals surface area (Å²) in [6, 6.07) is 13.7. The predicted octanol–water partition coefficient (Wildman–Crippen LogP) is 9.68. The first-order valence-corrected chi connectivity index (χ1v) is 18.2. The molecule has 0 heterocycles. The summed E-state index contributed by atoms with van der Waals surface area (Å²) in [6.07, 6.45) is 16.6. The fraction of sp³-hybridized carbons (Fsp3) is 0.683. The van der Waals surface area contributed by atoms with Crippen molar-refractivity contribution in [3.05, 3.63) is 70.5 Å². The first kappa shape index (κ1) is 31.4. The third kappa shape index (κ3) is 4.94. The summed E-state index contributed by atoms with van der Waals surface area (Å²) in [5.74, 6) is 2.10. The molecule has 0 amide bonds. The van der Waals surface area contributed by atoms with Crippen LogP contribution in [0, 0.1) is 57.1 Å². The van der Waals surface area contributed by atoms with Gasteiger partial charge in [-0.05, 0) is 157 Å². The lowest BCUT2D eigenvalue weighted by atomic mass is 9.36. The van der Waals surface area contributed by atoms with Gasteiger partial charge in [0.15, 0.2) is 0 Å². The minimum atomic E-state index is -1.21. The van der Waals surface area contributed by atoms with Gasteiger partial charge in [0, 0.05) is 0 Å². The van der Waals surface area contributed by atoms with Gasteiger partial charge < -0.3 is 10.2 Å². The number of aryl methyl sites for hydroxylation is 2. The number of carbonyl (C=O) groups is 1. The second-order valence-corrected chi connectivity index (χ2v) is 17.4. The molecule has 2 aromatic carbocycles. The average molecular weight is 615 g/mol. The minimum absolute atomic E-state index is 0.0174. The van der Waals surface area contributed by atoms with Gasteiger partial charge in [-0.1, -0.05) is 70.5 Å². The number of aliphatic hydroxyl groups excluding tert-OH is 1. The number of halogens is 1. The highest BCUT2D eigenvalue weighted by atomic mass is 19.1. The topological polar surface area (TPSA) is 57.5 Å². The molecule has 5 aliphatic rings. The zero-order valence-electron chi connectivity index (χ0n) is 28.1. The predicted molar refractivity (Wildman–Crippen MR) is 178 cm³/mol. The van der Waals surface area contributed by atoms with E-state index in [-0.39, 0.29) is 17.1 Å². The van der Waals surface area contributed by atoms with Crippen LogP contribution in [-0.4, -0.2) is 22.3 Å². The zero-order chi connectivity index (χ0) is 31.8. The van der Waals surface area contributed by atoms with Crippen molar-refractivity contribution in [3.8, 4) is 0 Å². The molecule has 2 aromatic rings. The number of fused-ring (bicyclic) bond motifs is 7. The van der Waals surface area contributed by atoms with Crippen molar-refractivity contribution in [3.63, 3.8) is 0 Å². The molecule has 5 fully saturated rings. The summed E-state index contributed by atoms with van der Waals surface area (Å²) in [5.41, 5.74) is 4.08. The first-order chi connectivity index (χ1) is 21.4. The largest absolute Gasteiger partial charge is 0.478 e. The van der Waals surface area contributed by atoms with Crippen LogP contribution in [0.1, 0.15) is 125 Å². The molecule has 4 heteroatoms. The van der Waals surface area contributed by atoms with Crippen LogP contribution in [0.3, 0.4) is 0 Å². The maximum Gasteiger partial charge on any atom is 0.338 e. The van der Waals surface area contributed by atoms with E-state index in [1.165, 1.54) is 81.4 Å². The van der Waals surface area contributed by atoms with Gasteiger partial charge >= 0.3 is 5.97 Å². The van der Waals surface area contributed by atoms with Crippen LogP contribution in [0.25, 0.3) is 0 Å². The standard InChI is InChI=1S/C41H55FO3/c1-38(2)33-18-21-39(3)31-17-23-41(20-7-12-32(41)29(31)15-16-34(39)40(33,4)22-19-35(38)43)25-27-9-5-8-26(24-27)13-14-28-10-6-11-30(36(28)42)37(44)45/h5-6,8-11,24,29,31-35,43H,7,12-23,25H2,1-4H3,(H,44,45). The van der Waals surface area contributed by atoms with Crippen LogP contribution in [0.15, 0.2) is 42.5 Å². The average Bonchev–Trinajstić information content (AvgIpc) is 3.42. The van der Waals surface area contributed by atoms with Gasteiger partial charge in [0.2, 0.25) is 0 Å². The Kier molecular flexibility index (Phi) is 7.82. The van der Waals surface area contributed by atoms with Gasteiger partial charge in [0.25, 0.3) is 0 Å². The molecule has 9 atom stereocenters. The molecule has 0 aromatic heterocycles. The number of aromatic carboxylic acids is 1. The Balaban J connectivity index is 1.08. The molecule has 5 aliphatic carbocycles. The second-order valence-electron chi connectivity index (χ2n) is 17.4. The Morgan fingerprint density at radius 1 is 0.800 bits per heavy atom. The fourth-order valence-electron chi connectivity index (χ4n) is 13.2. The number of carboxylic acid groups (broad SMARTS) is 1. The van der Waals surface area contributed by atoms with Crippen molar-refractivity contribution < 1.29 is 19.4 Å². The number of hydrogen-bond donors (Lipinski definition) is 2. The Labute approximate surface area is 270 Å². The van der Waals surface area contributed by atoms with Crippen molar-refractivity contribution in [2.75, 3.05) is 0 Å². The summed E-state index contributed by atoms with van der Waals surface area (Å²) >= 11 is 0. The van der Waals surface area contributed by atoms with E-state index in [0.717, 1.165) is 36.5 Å². The van der Waals surface area contributed by atoms with E-state index in [2.05, 4.69) is 52.0 Å². The highest BCUT2D eigenvalue weighted by Gasteiger charge is 2.66. The first-order valence-electron chi connectivity index (χ1n) is 18.2. The number of hydrogen-bond acceptors (Lipinski definition) is 2. The Morgan fingerprint density at radius 2 is 1.56 bits per heavy atom. The summed E-state index contributed by atoms with van der Waals surface area (Å²) in [6.45, 7) is 10.0. The summed E-state index contributed by atoms with van der Waals surface area (Å²) in [5, 5.41) is 20.3. The molecule has 0 aliphatic heterocycles. The third-order valence-corrected chi connectivity index (χ3v) is 15.2. The lowest BCUT2D eigenvalue weighted by molar-refractivity contribution is -0.214. The van der Waals surface area contributed by atoms with Crippen LogP contribution >= 0.6 is 0 Å². The van der Waals surface area contributed by atoms with Gasteiger partial charge in [-0.15, -0.1) is 0 Å². The SMILES string of the molecule is CC1(C)C(O)CCC2(C)C1CCC1(C)C3CCC4(Cc5cccc(CCc6cccc(C(=O)O)c6F)c5)CCCC4C3CCC12. The Bertz CT molecular complexity index is 1450. The molecule has 0 spiro atoms. The van der Waals surface area contributed by atoms with E-state index >= 15 is 0 Å². The lowest BCUT2D eigenvalue weighted by Crippen LogP contribution is -2.63. The van der Waals surface area contributed by atoms with E-state index in [4.69, 9.17) is 0 Å². The van der Waals surface area contributed by atoms with Gasteiger partial charge in [0.05, 0.1) is 11.7 Å². The van der Waals surface area contributed by atoms with E-state index in [0.29, 0.717) is 40.6 Å². The number of benzene rings is 2. The van der Waals surface area contributed by atoms with E-state index in [1.807, 2.05) is 0 Å². The number of aliphatic hydroxyl groups is 1. The maximum atomic E-state index is 14.8. The van der Waals surface area contributed by atoms with Crippen molar-refractivity contribution in [2.45, 2.75) is 124 Å². The number of carboxylic acids is 1. The third-order valence-electron chi connectivity index (χ3n) is 15.2. The summed E-state index contributed by atoms with van der Waals surface area (Å²) in [7, 11) is 0. The lowest BCUT2D eigenvalue weighted by Gasteiger charge is -2.69. The zero-order valence-corrected chi connectivity index (χ0v) is 28.1. The quantitative estimate of drug-likeness (QED) is 0.341. The van der Waals surface area contributed by atoms with Gasteiger partial charge in [-0.3, -0.25) is 0 Å².